The minimum Gasteiger partial charge on any atom is -0.349 e. The third-order valence-corrected chi connectivity index (χ3v) is 3.52. The van der Waals surface area contributed by atoms with E-state index in [9.17, 15) is 0 Å². The smallest absolute Gasteiger partial charge is 0.195 e. The molecule has 0 aromatic rings. The highest BCUT2D eigenvalue weighted by molar-refractivity contribution is 7.99. The van der Waals surface area contributed by atoms with Gasteiger partial charge < -0.3 is 9.80 Å². The second-order valence-corrected chi connectivity index (χ2v) is 5.65. The second kappa shape index (κ2) is 7.01. The lowest BCUT2D eigenvalue weighted by molar-refractivity contribution is 0.310. The Balaban J connectivity index is 2.32. The first-order chi connectivity index (χ1) is 7.61. The second-order valence-electron chi connectivity index (χ2n) is 4.42. The standard InChI is InChI=1S/C11H24N4S/c1-13(2)11(14(3)4)12-5-6-15-7-9-16-10-8-15/h5-10H2,1-4H3. The number of hydrogen-bond acceptors (Lipinski definition) is 3. The largest absolute Gasteiger partial charge is 0.349 e. The molecule has 1 aliphatic rings. The summed E-state index contributed by atoms with van der Waals surface area (Å²) in [6, 6.07) is 0. The van der Waals surface area contributed by atoms with Crippen LogP contribution in [0.1, 0.15) is 0 Å². The zero-order chi connectivity index (χ0) is 12.0. The van der Waals surface area contributed by atoms with Crippen molar-refractivity contribution in [3.63, 3.8) is 0 Å². The van der Waals surface area contributed by atoms with Crippen LogP contribution in [-0.4, -0.2) is 86.5 Å². The van der Waals surface area contributed by atoms with E-state index < -0.39 is 0 Å². The van der Waals surface area contributed by atoms with Crippen molar-refractivity contribution in [2.75, 3.05) is 65.9 Å². The van der Waals surface area contributed by atoms with Gasteiger partial charge in [-0.15, -0.1) is 0 Å². The van der Waals surface area contributed by atoms with Gasteiger partial charge in [-0.3, -0.25) is 9.89 Å². The maximum Gasteiger partial charge on any atom is 0.195 e. The molecule has 0 spiro atoms. The van der Waals surface area contributed by atoms with Gasteiger partial charge in [0.1, 0.15) is 0 Å². The maximum atomic E-state index is 4.64. The molecular formula is C11H24N4S. The van der Waals surface area contributed by atoms with Crippen LogP contribution in [-0.2, 0) is 0 Å². The Bertz CT molecular complexity index is 212. The molecule has 1 saturated heterocycles. The normalized spacial score (nSPS) is 17.0. The topological polar surface area (TPSA) is 22.1 Å². The van der Waals surface area contributed by atoms with E-state index in [-0.39, 0.29) is 0 Å². The first-order valence-electron chi connectivity index (χ1n) is 5.80. The van der Waals surface area contributed by atoms with Crippen molar-refractivity contribution in [1.29, 1.82) is 0 Å². The molecule has 0 atom stereocenters. The molecule has 94 valence electrons. The molecule has 1 rings (SSSR count). The molecule has 0 N–H and O–H groups in total. The lowest BCUT2D eigenvalue weighted by Gasteiger charge is -2.26. The summed E-state index contributed by atoms with van der Waals surface area (Å²) in [5, 5.41) is 0. The molecule has 1 fully saturated rings. The van der Waals surface area contributed by atoms with E-state index in [1.54, 1.807) is 0 Å². The highest BCUT2D eigenvalue weighted by Gasteiger charge is 2.10. The fourth-order valence-corrected chi connectivity index (χ4v) is 2.78. The van der Waals surface area contributed by atoms with Gasteiger partial charge in [-0.1, -0.05) is 0 Å². The molecule has 16 heavy (non-hydrogen) atoms. The number of guanidine groups is 1. The van der Waals surface area contributed by atoms with Gasteiger partial charge in [0.05, 0.1) is 6.54 Å². The zero-order valence-electron chi connectivity index (χ0n) is 10.9. The molecule has 0 aromatic carbocycles. The average molecular weight is 244 g/mol. The highest BCUT2D eigenvalue weighted by Crippen LogP contribution is 2.08. The fourth-order valence-electron chi connectivity index (χ4n) is 1.80. The number of aliphatic imine (C=N–C) groups is 1. The molecule has 0 unspecified atom stereocenters. The third-order valence-electron chi connectivity index (χ3n) is 2.57. The van der Waals surface area contributed by atoms with Crippen LogP contribution in [0.3, 0.4) is 0 Å². The monoisotopic (exact) mass is 244 g/mol. The van der Waals surface area contributed by atoms with E-state index in [2.05, 4.69) is 31.5 Å². The summed E-state index contributed by atoms with van der Waals surface area (Å²) in [6.45, 7) is 4.43. The van der Waals surface area contributed by atoms with Crippen LogP contribution >= 0.6 is 11.8 Å². The molecule has 1 heterocycles. The average Bonchev–Trinajstić information content (AvgIpc) is 2.24. The Morgan fingerprint density at radius 2 is 1.69 bits per heavy atom. The van der Waals surface area contributed by atoms with Crippen LogP contribution in [0.15, 0.2) is 4.99 Å². The van der Waals surface area contributed by atoms with Crippen LogP contribution in [0, 0.1) is 0 Å². The lowest BCUT2D eigenvalue weighted by Crippen LogP contribution is -2.37. The molecule has 0 aliphatic carbocycles. The molecule has 0 radical (unpaired) electrons. The molecular weight excluding hydrogens is 220 g/mol. The number of nitrogens with zero attached hydrogens (tertiary/aromatic N) is 4. The van der Waals surface area contributed by atoms with Gasteiger partial charge in [0.15, 0.2) is 5.96 Å². The molecule has 0 aromatic heterocycles. The van der Waals surface area contributed by atoms with Gasteiger partial charge in [-0.2, -0.15) is 11.8 Å². The van der Waals surface area contributed by atoms with E-state index in [0.29, 0.717) is 0 Å². The molecule has 5 heteroatoms. The fraction of sp³-hybridized carbons (Fsp3) is 0.909. The third kappa shape index (κ3) is 4.61. The first kappa shape index (κ1) is 13.6. The van der Waals surface area contributed by atoms with Gasteiger partial charge in [0.25, 0.3) is 0 Å². The Labute approximate surface area is 104 Å². The first-order valence-corrected chi connectivity index (χ1v) is 6.96. The van der Waals surface area contributed by atoms with Gasteiger partial charge in [-0.25, -0.2) is 0 Å². The van der Waals surface area contributed by atoms with Crippen LogP contribution in [0.2, 0.25) is 0 Å². The summed E-state index contributed by atoms with van der Waals surface area (Å²) in [4.78, 5) is 11.3. The Hall–Kier alpha value is -0.420. The summed E-state index contributed by atoms with van der Waals surface area (Å²) in [5.41, 5.74) is 0. The summed E-state index contributed by atoms with van der Waals surface area (Å²) >= 11 is 2.05. The summed E-state index contributed by atoms with van der Waals surface area (Å²) < 4.78 is 0. The van der Waals surface area contributed by atoms with Crippen molar-refractivity contribution >= 4 is 17.7 Å². The highest BCUT2D eigenvalue weighted by atomic mass is 32.2. The van der Waals surface area contributed by atoms with Crippen molar-refractivity contribution in [1.82, 2.24) is 14.7 Å². The van der Waals surface area contributed by atoms with Crippen LogP contribution in [0.25, 0.3) is 0 Å². The van der Waals surface area contributed by atoms with E-state index in [1.165, 1.54) is 24.6 Å². The minimum absolute atomic E-state index is 0.899. The van der Waals surface area contributed by atoms with E-state index in [0.717, 1.165) is 19.0 Å². The van der Waals surface area contributed by atoms with E-state index >= 15 is 0 Å². The number of hydrogen-bond donors (Lipinski definition) is 0. The Morgan fingerprint density at radius 3 is 2.19 bits per heavy atom. The van der Waals surface area contributed by atoms with Crippen molar-refractivity contribution in [3.05, 3.63) is 0 Å². The summed E-state index contributed by atoms with van der Waals surface area (Å²) in [6.07, 6.45) is 0. The van der Waals surface area contributed by atoms with Crippen LogP contribution in [0.4, 0.5) is 0 Å². The maximum absolute atomic E-state index is 4.64. The molecule has 4 nitrogen and oxygen atoms in total. The van der Waals surface area contributed by atoms with Crippen molar-refractivity contribution in [2.24, 2.45) is 4.99 Å². The quantitative estimate of drug-likeness (QED) is 0.533. The Morgan fingerprint density at radius 1 is 1.12 bits per heavy atom. The Kier molecular flexibility index (Phi) is 5.98. The van der Waals surface area contributed by atoms with Crippen molar-refractivity contribution in [3.8, 4) is 0 Å². The molecule has 0 amide bonds. The summed E-state index contributed by atoms with van der Waals surface area (Å²) in [5.74, 6) is 3.60. The molecule has 1 aliphatic heterocycles. The SMILES string of the molecule is CN(C)C(=NCCN1CCSCC1)N(C)C. The minimum atomic E-state index is 0.899. The van der Waals surface area contributed by atoms with E-state index in [4.69, 9.17) is 0 Å². The number of rotatable bonds is 3. The van der Waals surface area contributed by atoms with Gasteiger partial charge in [0.2, 0.25) is 0 Å². The molecule has 0 saturated carbocycles. The van der Waals surface area contributed by atoms with Crippen LogP contribution in [0.5, 0.6) is 0 Å². The lowest BCUT2D eigenvalue weighted by atomic mass is 10.4. The van der Waals surface area contributed by atoms with Gasteiger partial charge in [-0.05, 0) is 0 Å². The van der Waals surface area contributed by atoms with Gasteiger partial charge >= 0.3 is 0 Å². The predicted octanol–water partition coefficient (Wildman–Crippen LogP) is 0.514. The molecule has 0 bridgehead atoms. The van der Waals surface area contributed by atoms with E-state index in [1.807, 2.05) is 28.2 Å². The zero-order valence-corrected chi connectivity index (χ0v) is 11.8. The van der Waals surface area contributed by atoms with Crippen LogP contribution < -0.4 is 0 Å². The predicted molar refractivity (Wildman–Crippen MR) is 73.4 cm³/mol. The van der Waals surface area contributed by atoms with Gasteiger partial charge in [0, 0.05) is 59.3 Å². The van der Waals surface area contributed by atoms with Crippen molar-refractivity contribution in [2.45, 2.75) is 0 Å². The van der Waals surface area contributed by atoms with Crippen molar-refractivity contribution < 1.29 is 0 Å². The summed E-state index contributed by atoms with van der Waals surface area (Å²) in [7, 11) is 8.15. The number of thioether (sulfide) groups is 1.